The van der Waals surface area contributed by atoms with Gasteiger partial charge in [0.1, 0.15) is 5.82 Å². The van der Waals surface area contributed by atoms with Gasteiger partial charge in [-0.3, -0.25) is 0 Å². The van der Waals surface area contributed by atoms with Gasteiger partial charge in [-0.2, -0.15) is 0 Å². The van der Waals surface area contributed by atoms with Crippen LogP contribution in [0.3, 0.4) is 0 Å². The molecule has 2 heterocycles. The second-order valence-corrected chi connectivity index (χ2v) is 5.00. The maximum atomic E-state index is 5.81. The van der Waals surface area contributed by atoms with E-state index in [1.165, 1.54) is 5.82 Å². The summed E-state index contributed by atoms with van der Waals surface area (Å²) in [5, 5.41) is 3.46. The van der Waals surface area contributed by atoms with Gasteiger partial charge in [0.25, 0.3) is 0 Å². The molecule has 0 spiro atoms. The molecule has 0 aliphatic carbocycles. The minimum absolute atomic E-state index is 0.410. The highest BCUT2D eigenvalue weighted by Gasteiger charge is 2.33. The average Bonchev–Trinajstić information content (AvgIpc) is 3.03. The van der Waals surface area contributed by atoms with Crippen molar-refractivity contribution < 1.29 is 4.74 Å². The van der Waals surface area contributed by atoms with E-state index < -0.39 is 0 Å². The number of hydrogen-bond acceptors (Lipinski definition) is 3. The van der Waals surface area contributed by atoms with Crippen LogP contribution in [-0.4, -0.2) is 35.4 Å². The molecular formula is C14H25N3O. The molecule has 1 aliphatic heterocycles. The highest BCUT2D eigenvalue weighted by atomic mass is 16.5. The first-order valence-electron chi connectivity index (χ1n) is 7.09. The zero-order valence-electron chi connectivity index (χ0n) is 11.7. The first kappa shape index (κ1) is 13.6. The van der Waals surface area contributed by atoms with Crippen molar-refractivity contribution in [3.8, 4) is 0 Å². The molecule has 1 saturated heterocycles. The molecule has 2 rings (SSSR count). The van der Waals surface area contributed by atoms with Crippen molar-refractivity contribution in [3.05, 3.63) is 18.2 Å². The Labute approximate surface area is 110 Å². The summed E-state index contributed by atoms with van der Waals surface area (Å²) >= 11 is 0. The van der Waals surface area contributed by atoms with Crippen molar-refractivity contribution in [1.29, 1.82) is 0 Å². The van der Waals surface area contributed by atoms with Gasteiger partial charge in [0.15, 0.2) is 0 Å². The predicted octanol–water partition coefficient (Wildman–Crippen LogP) is 1.85. The van der Waals surface area contributed by atoms with Gasteiger partial charge in [-0.1, -0.05) is 6.92 Å². The topological polar surface area (TPSA) is 39.1 Å². The quantitative estimate of drug-likeness (QED) is 0.838. The van der Waals surface area contributed by atoms with E-state index in [4.69, 9.17) is 4.74 Å². The van der Waals surface area contributed by atoms with E-state index in [1.54, 1.807) is 0 Å². The fourth-order valence-electron chi connectivity index (χ4n) is 3.03. The number of likely N-dealkylation sites (N-methyl/N-ethyl adjacent to an activating group) is 1. The molecule has 1 N–H and O–H groups in total. The molecule has 0 bridgehead atoms. The Morgan fingerprint density at radius 1 is 1.56 bits per heavy atom. The monoisotopic (exact) mass is 251 g/mol. The van der Waals surface area contributed by atoms with Crippen molar-refractivity contribution in [2.75, 3.05) is 13.7 Å². The van der Waals surface area contributed by atoms with Crippen LogP contribution in [0.15, 0.2) is 12.4 Å². The normalized spacial score (nSPS) is 25.5. The van der Waals surface area contributed by atoms with Crippen molar-refractivity contribution in [1.82, 2.24) is 14.9 Å². The van der Waals surface area contributed by atoms with Crippen LogP contribution in [0.4, 0.5) is 0 Å². The SMILES string of the molecule is CCC1OCCC1C(Cc1nccn1CC)NC. The minimum atomic E-state index is 0.410. The Balaban J connectivity index is 2.05. The van der Waals surface area contributed by atoms with E-state index in [0.717, 1.165) is 32.4 Å². The molecule has 0 aromatic carbocycles. The van der Waals surface area contributed by atoms with Gasteiger partial charge in [0.2, 0.25) is 0 Å². The molecule has 3 unspecified atom stereocenters. The number of imidazole rings is 1. The highest BCUT2D eigenvalue weighted by Crippen LogP contribution is 2.27. The third-order valence-corrected chi connectivity index (χ3v) is 4.10. The van der Waals surface area contributed by atoms with Gasteiger partial charge in [-0.15, -0.1) is 0 Å². The maximum absolute atomic E-state index is 5.81. The van der Waals surface area contributed by atoms with E-state index in [-0.39, 0.29) is 0 Å². The molecular weight excluding hydrogens is 226 g/mol. The highest BCUT2D eigenvalue weighted by molar-refractivity contribution is 4.98. The summed E-state index contributed by atoms with van der Waals surface area (Å²) in [5.41, 5.74) is 0. The lowest BCUT2D eigenvalue weighted by atomic mass is 9.89. The molecule has 18 heavy (non-hydrogen) atoms. The van der Waals surface area contributed by atoms with E-state index in [0.29, 0.717) is 18.1 Å². The smallest absolute Gasteiger partial charge is 0.110 e. The summed E-state index contributed by atoms with van der Waals surface area (Å²) in [5.74, 6) is 1.79. The van der Waals surface area contributed by atoms with Gasteiger partial charge in [-0.25, -0.2) is 4.98 Å². The Hall–Kier alpha value is -0.870. The molecule has 102 valence electrons. The van der Waals surface area contributed by atoms with Crippen LogP contribution >= 0.6 is 0 Å². The fourth-order valence-corrected chi connectivity index (χ4v) is 3.03. The minimum Gasteiger partial charge on any atom is -0.378 e. The summed E-state index contributed by atoms with van der Waals surface area (Å²) in [6, 6.07) is 0.463. The predicted molar refractivity (Wildman–Crippen MR) is 72.6 cm³/mol. The van der Waals surface area contributed by atoms with Crippen LogP contribution in [0.25, 0.3) is 0 Å². The fraction of sp³-hybridized carbons (Fsp3) is 0.786. The average molecular weight is 251 g/mol. The first-order chi connectivity index (χ1) is 8.80. The standard InChI is InChI=1S/C14H25N3O/c1-4-13-11(6-9-18-13)12(15-3)10-14-16-7-8-17(14)5-2/h7-8,11-13,15H,4-6,9-10H2,1-3H3. The van der Waals surface area contributed by atoms with Crippen LogP contribution in [0.1, 0.15) is 32.5 Å². The largest absolute Gasteiger partial charge is 0.378 e. The Morgan fingerprint density at radius 2 is 2.39 bits per heavy atom. The van der Waals surface area contributed by atoms with Crippen LogP contribution in [-0.2, 0) is 17.7 Å². The molecule has 1 aromatic heterocycles. The molecule has 1 aromatic rings. The van der Waals surface area contributed by atoms with Gasteiger partial charge in [0.05, 0.1) is 6.10 Å². The lowest BCUT2D eigenvalue weighted by Gasteiger charge is -2.26. The van der Waals surface area contributed by atoms with Crippen molar-refractivity contribution in [2.45, 2.75) is 51.8 Å². The number of nitrogens with zero attached hydrogens (tertiary/aromatic N) is 2. The van der Waals surface area contributed by atoms with E-state index in [1.807, 2.05) is 6.20 Å². The van der Waals surface area contributed by atoms with Gasteiger partial charge < -0.3 is 14.6 Å². The van der Waals surface area contributed by atoms with E-state index in [2.05, 4.69) is 42.0 Å². The summed E-state index contributed by atoms with van der Waals surface area (Å²) in [7, 11) is 2.05. The molecule has 0 radical (unpaired) electrons. The number of aryl methyl sites for hydroxylation is 1. The van der Waals surface area contributed by atoms with Crippen LogP contribution in [0.5, 0.6) is 0 Å². The lowest BCUT2D eigenvalue weighted by molar-refractivity contribution is 0.0780. The number of ether oxygens (including phenoxy) is 1. The molecule has 0 saturated carbocycles. The third-order valence-electron chi connectivity index (χ3n) is 4.10. The Bertz CT molecular complexity index is 364. The first-order valence-corrected chi connectivity index (χ1v) is 7.09. The molecule has 1 aliphatic rings. The molecule has 0 amide bonds. The van der Waals surface area contributed by atoms with Gasteiger partial charge in [-0.05, 0) is 26.8 Å². The maximum Gasteiger partial charge on any atom is 0.110 e. The van der Waals surface area contributed by atoms with E-state index >= 15 is 0 Å². The molecule has 4 heteroatoms. The van der Waals surface area contributed by atoms with Crippen molar-refractivity contribution in [2.24, 2.45) is 5.92 Å². The van der Waals surface area contributed by atoms with E-state index in [9.17, 15) is 0 Å². The van der Waals surface area contributed by atoms with Crippen molar-refractivity contribution >= 4 is 0 Å². The number of rotatable bonds is 6. The Morgan fingerprint density at radius 3 is 3.06 bits per heavy atom. The molecule has 4 nitrogen and oxygen atoms in total. The molecule has 3 atom stereocenters. The van der Waals surface area contributed by atoms with Crippen LogP contribution < -0.4 is 5.32 Å². The van der Waals surface area contributed by atoms with Crippen molar-refractivity contribution in [3.63, 3.8) is 0 Å². The third kappa shape index (κ3) is 2.75. The zero-order chi connectivity index (χ0) is 13.0. The number of hydrogen-bond donors (Lipinski definition) is 1. The van der Waals surface area contributed by atoms with Gasteiger partial charge >= 0.3 is 0 Å². The summed E-state index contributed by atoms with van der Waals surface area (Å²) in [6.07, 6.45) is 7.62. The van der Waals surface area contributed by atoms with Crippen LogP contribution in [0.2, 0.25) is 0 Å². The summed E-state index contributed by atoms with van der Waals surface area (Å²) in [4.78, 5) is 4.48. The zero-order valence-corrected chi connectivity index (χ0v) is 11.7. The summed E-state index contributed by atoms with van der Waals surface area (Å²) in [6.45, 7) is 6.27. The lowest BCUT2D eigenvalue weighted by Crippen LogP contribution is -2.40. The molecule has 1 fully saturated rings. The number of nitrogens with one attached hydrogen (secondary N) is 1. The second-order valence-electron chi connectivity index (χ2n) is 5.00. The van der Waals surface area contributed by atoms with Crippen LogP contribution in [0, 0.1) is 5.92 Å². The Kier molecular flexibility index (Phi) is 4.78. The second kappa shape index (κ2) is 6.34. The number of aromatic nitrogens is 2. The summed E-state index contributed by atoms with van der Waals surface area (Å²) < 4.78 is 8.03. The van der Waals surface area contributed by atoms with Gasteiger partial charge in [0, 0.05) is 43.9 Å².